The summed E-state index contributed by atoms with van der Waals surface area (Å²) in [6.07, 6.45) is 1.83. The van der Waals surface area contributed by atoms with Gasteiger partial charge in [-0.3, -0.25) is 0 Å². The zero-order chi connectivity index (χ0) is 9.42. The Balaban J connectivity index is 2.23. The predicted molar refractivity (Wildman–Crippen MR) is 48.0 cm³/mol. The number of rotatable bonds is 2. The van der Waals surface area contributed by atoms with Crippen LogP contribution in [0.25, 0.3) is 0 Å². The van der Waals surface area contributed by atoms with Crippen LogP contribution in [-0.4, -0.2) is 29.1 Å². The van der Waals surface area contributed by atoms with Gasteiger partial charge in [-0.15, -0.1) is 0 Å². The van der Waals surface area contributed by atoms with Gasteiger partial charge in [0.25, 0.3) is 0 Å². The molecule has 1 aromatic heterocycles. The minimum atomic E-state index is -0.879. The topological polar surface area (TPSA) is 65.1 Å². The van der Waals surface area contributed by atoms with Crippen molar-refractivity contribution in [3.05, 3.63) is 23.0 Å². The van der Waals surface area contributed by atoms with E-state index < -0.39 is 5.97 Å². The molecule has 4 heteroatoms. The number of aromatic amines is 1. The number of fused-ring (bicyclic) bond motifs is 1. The number of aromatic nitrogens is 1. The molecular weight excluding hydrogens is 168 g/mol. The van der Waals surface area contributed by atoms with E-state index in [0.717, 1.165) is 24.1 Å². The lowest BCUT2D eigenvalue weighted by molar-refractivity contribution is 0.0691. The van der Waals surface area contributed by atoms with E-state index in [4.69, 9.17) is 5.11 Å². The first-order valence-electron chi connectivity index (χ1n) is 4.32. The second-order valence-electron chi connectivity index (χ2n) is 3.39. The highest BCUT2D eigenvalue weighted by molar-refractivity contribution is 5.86. The Hall–Kier alpha value is -1.29. The van der Waals surface area contributed by atoms with Gasteiger partial charge in [-0.05, 0) is 25.1 Å². The van der Waals surface area contributed by atoms with Crippen molar-refractivity contribution >= 4 is 5.97 Å². The van der Waals surface area contributed by atoms with Crippen LogP contribution in [0.3, 0.4) is 0 Å². The van der Waals surface area contributed by atoms with Crippen molar-refractivity contribution in [2.75, 3.05) is 7.05 Å². The van der Waals surface area contributed by atoms with Crippen molar-refractivity contribution in [1.29, 1.82) is 0 Å². The Morgan fingerprint density at radius 3 is 3.00 bits per heavy atom. The maximum Gasteiger partial charge on any atom is 0.352 e. The van der Waals surface area contributed by atoms with Crippen LogP contribution < -0.4 is 5.32 Å². The predicted octanol–water partition coefficient (Wildman–Crippen LogP) is 0.399. The smallest absolute Gasteiger partial charge is 0.352 e. The average molecular weight is 180 g/mol. The van der Waals surface area contributed by atoms with Crippen molar-refractivity contribution < 1.29 is 9.90 Å². The molecule has 1 heterocycles. The summed E-state index contributed by atoms with van der Waals surface area (Å²) in [5.74, 6) is -0.879. The van der Waals surface area contributed by atoms with Crippen molar-refractivity contribution in [3.8, 4) is 0 Å². The maximum absolute atomic E-state index is 10.6. The number of hydrogen-bond donors (Lipinski definition) is 3. The molecule has 0 spiro atoms. The van der Waals surface area contributed by atoms with Crippen LogP contribution in [0.15, 0.2) is 6.07 Å². The zero-order valence-electron chi connectivity index (χ0n) is 7.42. The number of carboxylic acids is 1. The van der Waals surface area contributed by atoms with Gasteiger partial charge in [0.1, 0.15) is 5.69 Å². The lowest BCUT2D eigenvalue weighted by atomic mass is 10.2. The number of carbonyl (C=O) groups is 1. The fourth-order valence-electron chi connectivity index (χ4n) is 1.81. The van der Waals surface area contributed by atoms with E-state index in [2.05, 4.69) is 10.3 Å². The molecule has 0 amide bonds. The van der Waals surface area contributed by atoms with Crippen LogP contribution >= 0.6 is 0 Å². The molecular formula is C9H12N2O2. The molecule has 0 fully saturated rings. The van der Waals surface area contributed by atoms with Gasteiger partial charge in [0.15, 0.2) is 0 Å². The van der Waals surface area contributed by atoms with E-state index in [-0.39, 0.29) is 0 Å². The van der Waals surface area contributed by atoms with Gasteiger partial charge in [0, 0.05) is 18.2 Å². The van der Waals surface area contributed by atoms with Crippen molar-refractivity contribution in [3.63, 3.8) is 0 Å². The maximum atomic E-state index is 10.6. The second kappa shape index (κ2) is 2.88. The molecule has 0 saturated carbocycles. The molecule has 1 atom stereocenters. The van der Waals surface area contributed by atoms with Crippen LogP contribution in [0.4, 0.5) is 0 Å². The number of nitrogens with one attached hydrogen (secondary N) is 2. The standard InChI is InChI=1S/C9H12N2O2/c1-10-6-2-5-3-8(9(12)13)11-7(5)4-6/h3,6,10-11H,2,4H2,1H3,(H,12,13). The number of H-pyrrole nitrogens is 1. The summed E-state index contributed by atoms with van der Waals surface area (Å²) in [5, 5.41) is 11.9. The Labute approximate surface area is 76.0 Å². The Kier molecular flexibility index (Phi) is 1.84. The van der Waals surface area contributed by atoms with Gasteiger partial charge in [-0.2, -0.15) is 0 Å². The monoisotopic (exact) mass is 180 g/mol. The summed E-state index contributed by atoms with van der Waals surface area (Å²) in [7, 11) is 1.93. The number of hydrogen-bond acceptors (Lipinski definition) is 2. The van der Waals surface area contributed by atoms with Crippen molar-refractivity contribution in [2.45, 2.75) is 18.9 Å². The molecule has 70 valence electrons. The summed E-state index contributed by atoms with van der Waals surface area (Å²) in [6.45, 7) is 0. The highest BCUT2D eigenvalue weighted by atomic mass is 16.4. The molecule has 3 N–H and O–H groups in total. The number of likely N-dealkylation sites (N-methyl/N-ethyl adjacent to an activating group) is 1. The van der Waals surface area contributed by atoms with E-state index in [9.17, 15) is 4.79 Å². The Bertz CT molecular complexity index is 320. The first kappa shape index (κ1) is 8.31. The number of aromatic carboxylic acids is 1. The van der Waals surface area contributed by atoms with Gasteiger partial charge < -0.3 is 15.4 Å². The van der Waals surface area contributed by atoms with E-state index in [1.807, 2.05) is 7.05 Å². The van der Waals surface area contributed by atoms with Gasteiger partial charge in [0.2, 0.25) is 0 Å². The molecule has 4 nitrogen and oxygen atoms in total. The molecule has 1 aliphatic rings. The van der Waals surface area contributed by atoms with E-state index in [1.54, 1.807) is 6.07 Å². The van der Waals surface area contributed by atoms with Crippen LogP contribution in [0.5, 0.6) is 0 Å². The molecule has 1 unspecified atom stereocenters. The van der Waals surface area contributed by atoms with Crippen molar-refractivity contribution in [1.82, 2.24) is 10.3 Å². The third-order valence-electron chi connectivity index (χ3n) is 2.55. The van der Waals surface area contributed by atoms with E-state index >= 15 is 0 Å². The van der Waals surface area contributed by atoms with Crippen LogP contribution in [0.2, 0.25) is 0 Å². The molecule has 0 aliphatic heterocycles. The van der Waals surface area contributed by atoms with Crippen LogP contribution in [0.1, 0.15) is 21.7 Å². The fourth-order valence-corrected chi connectivity index (χ4v) is 1.81. The summed E-state index contributed by atoms with van der Waals surface area (Å²) in [5.41, 5.74) is 2.51. The minimum absolute atomic E-state index is 0.305. The lowest BCUT2D eigenvalue weighted by Gasteiger charge is -2.05. The summed E-state index contributed by atoms with van der Waals surface area (Å²) in [6, 6.07) is 2.19. The molecule has 0 bridgehead atoms. The first-order valence-corrected chi connectivity index (χ1v) is 4.32. The van der Waals surface area contributed by atoms with E-state index in [0.29, 0.717) is 11.7 Å². The number of carboxylic acid groups (broad SMARTS) is 1. The molecule has 0 radical (unpaired) electrons. The molecule has 13 heavy (non-hydrogen) atoms. The highest BCUT2D eigenvalue weighted by Gasteiger charge is 2.23. The largest absolute Gasteiger partial charge is 0.477 e. The molecule has 1 aliphatic carbocycles. The van der Waals surface area contributed by atoms with Crippen LogP contribution in [0, 0.1) is 0 Å². The molecule has 0 saturated heterocycles. The average Bonchev–Trinajstić information content (AvgIpc) is 2.58. The minimum Gasteiger partial charge on any atom is -0.477 e. The zero-order valence-corrected chi connectivity index (χ0v) is 7.42. The lowest BCUT2D eigenvalue weighted by Crippen LogP contribution is -2.25. The first-order chi connectivity index (χ1) is 6.20. The third kappa shape index (κ3) is 1.33. The molecule has 1 aromatic rings. The van der Waals surface area contributed by atoms with Crippen molar-refractivity contribution in [2.24, 2.45) is 0 Å². The normalized spacial score (nSPS) is 20.2. The fraction of sp³-hybridized carbons (Fsp3) is 0.444. The van der Waals surface area contributed by atoms with Gasteiger partial charge in [0.05, 0.1) is 0 Å². The van der Waals surface area contributed by atoms with Gasteiger partial charge in [-0.25, -0.2) is 4.79 Å². The van der Waals surface area contributed by atoms with E-state index in [1.165, 1.54) is 0 Å². The molecule has 0 aromatic carbocycles. The Morgan fingerprint density at radius 2 is 2.46 bits per heavy atom. The SMILES string of the molecule is CNC1Cc2cc(C(=O)O)[nH]c2C1. The second-order valence-corrected chi connectivity index (χ2v) is 3.39. The summed E-state index contributed by atoms with van der Waals surface area (Å²) >= 11 is 0. The molecule has 2 rings (SSSR count). The quantitative estimate of drug-likeness (QED) is 0.617. The third-order valence-corrected chi connectivity index (χ3v) is 2.55. The van der Waals surface area contributed by atoms with Gasteiger partial charge >= 0.3 is 5.97 Å². The summed E-state index contributed by atoms with van der Waals surface area (Å²) in [4.78, 5) is 13.5. The van der Waals surface area contributed by atoms with Crippen LogP contribution in [-0.2, 0) is 12.8 Å². The summed E-state index contributed by atoms with van der Waals surface area (Å²) < 4.78 is 0. The highest BCUT2D eigenvalue weighted by Crippen LogP contribution is 2.22. The van der Waals surface area contributed by atoms with Gasteiger partial charge in [-0.1, -0.05) is 0 Å². The Morgan fingerprint density at radius 1 is 1.69 bits per heavy atom.